The van der Waals surface area contributed by atoms with E-state index in [9.17, 15) is 23.6 Å². The Morgan fingerprint density at radius 2 is 1.83 bits per heavy atom. The normalized spacial score (nSPS) is 21.8. The lowest BCUT2D eigenvalue weighted by atomic mass is 10.2. The molecule has 0 aromatic carbocycles. The third-order valence-electron chi connectivity index (χ3n) is 8.46. The Bertz CT molecular complexity index is 1830. The average Bonchev–Trinajstić information content (AvgIpc) is 3.41. The van der Waals surface area contributed by atoms with Crippen LogP contribution in [0.1, 0.15) is 33.2 Å². The van der Waals surface area contributed by atoms with Gasteiger partial charge in [-0.3, -0.25) is 23.5 Å². The standard InChI is InChI=1S/C28H30FN9O4/c1-5-17(39)11-37-25(41)22-23(35(4)27(37)42)32-14-38(22)15(2)24(40)34-21-8-6-7-20(33-21)16-9-30-26(31-10-16)36-12-18-19(13-36)28(18,3)29/h6-10,14-15,18-19H,5,11-13H2,1-4H3,(H,33,34,40)/t15-,18?,19?,28?/m0/s1. The summed E-state index contributed by atoms with van der Waals surface area (Å²) in [4.78, 5) is 70.8. The summed E-state index contributed by atoms with van der Waals surface area (Å²) < 4.78 is 17.6. The van der Waals surface area contributed by atoms with Gasteiger partial charge in [-0.2, -0.15) is 0 Å². The molecule has 4 aromatic rings. The highest BCUT2D eigenvalue weighted by molar-refractivity contribution is 5.93. The molecule has 0 bridgehead atoms. The van der Waals surface area contributed by atoms with Gasteiger partial charge in [0.25, 0.3) is 5.56 Å². The number of carbonyl (C=O) groups excluding carboxylic acids is 2. The maximum Gasteiger partial charge on any atom is 0.332 e. The van der Waals surface area contributed by atoms with Gasteiger partial charge in [0.05, 0.1) is 18.6 Å². The molecule has 0 spiro atoms. The lowest BCUT2D eigenvalue weighted by Crippen LogP contribution is -2.41. The zero-order valence-corrected chi connectivity index (χ0v) is 23.6. The molecule has 1 saturated carbocycles. The van der Waals surface area contributed by atoms with E-state index in [2.05, 4.69) is 25.3 Å². The number of nitrogens with one attached hydrogen (secondary N) is 1. The van der Waals surface area contributed by atoms with Gasteiger partial charge in [0.2, 0.25) is 11.9 Å². The molecule has 13 nitrogen and oxygen atoms in total. The van der Waals surface area contributed by atoms with Gasteiger partial charge in [-0.25, -0.2) is 29.1 Å². The minimum Gasteiger partial charge on any atom is -0.340 e. The number of nitrogens with zero attached hydrogens (tertiary/aromatic N) is 8. The number of aromatic nitrogens is 7. The first-order valence-electron chi connectivity index (χ1n) is 13.7. The van der Waals surface area contributed by atoms with E-state index in [1.54, 1.807) is 51.4 Å². The summed E-state index contributed by atoms with van der Waals surface area (Å²) in [5.41, 5.74) is -1.10. The van der Waals surface area contributed by atoms with Crippen molar-refractivity contribution < 1.29 is 14.0 Å². The second-order valence-corrected chi connectivity index (χ2v) is 11.1. The van der Waals surface area contributed by atoms with Crippen molar-refractivity contribution >= 4 is 34.6 Å². The molecule has 4 aromatic heterocycles. The summed E-state index contributed by atoms with van der Waals surface area (Å²) in [6.45, 7) is 5.73. The molecule has 2 aliphatic rings. The lowest BCUT2D eigenvalue weighted by molar-refractivity contribution is -0.120. The van der Waals surface area contributed by atoms with Gasteiger partial charge in [0.1, 0.15) is 17.5 Å². The summed E-state index contributed by atoms with van der Waals surface area (Å²) in [6, 6.07) is 4.23. The molecule has 218 valence electrons. The fraction of sp³-hybridized carbons (Fsp3) is 0.429. The first-order chi connectivity index (χ1) is 20.0. The summed E-state index contributed by atoms with van der Waals surface area (Å²) in [5.74, 6) is 0.143. The van der Waals surface area contributed by atoms with Crippen molar-refractivity contribution in [3.8, 4) is 11.3 Å². The van der Waals surface area contributed by atoms with Crippen LogP contribution in [0.15, 0.2) is 46.5 Å². The fourth-order valence-corrected chi connectivity index (χ4v) is 5.63. The van der Waals surface area contributed by atoms with Crippen LogP contribution in [0.5, 0.6) is 0 Å². The van der Waals surface area contributed by atoms with Crippen LogP contribution in [0.4, 0.5) is 16.2 Å². The van der Waals surface area contributed by atoms with E-state index in [-0.39, 0.29) is 47.6 Å². The number of pyridine rings is 1. The largest absolute Gasteiger partial charge is 0.340 e. The van der Waals surface area contributed by atoms with E-state index < -0.39 is 28.9 Å². The number of rotatable bonds is 8. The summed E-state index contributed by atoms with van der Waals surface area (Å²) in [7, 11) is 1.46. The Hall–Kier alpha value is -4.75. The number of carbonyl (C=O) groups is 2. The monoisotopic (exact) mass is 575 g/mol. The Morgan fingerprint density at radius 1 is 1.14 bits per heavy atom. The number of fused-ring (bicyclic) bond motifs is 2. The van der Waals surface area contributed by atoms with E-state index >= 15 is 0 Å². The first kappa shape index (κ1) is 27.4. The van der Waals surface area contributed by atoms with Crippen LogP contribution in [0.3, 0.4) is 0 Å². The Kier molecular flexibility index (Phi) is 6.50. The highest BCUT2D eigenvalue weighted by Gasteiger charge is 2.67. The predicted molar refractivity (Wildman–Crippen MR) is 152 cm³/mol. The van der Waals surface area contributed by atoms with Gasteiger partial charge in [-0.15, -0.1) is 0 Å². The number of Topliss-reactive ketones (excluding diaryl/α,β-unsaturated/α-hetero) is 1. The number of amides is 1. The molecule has 1 aliphatic heterocycles. The molecule has 5 heterocycles. The van der Waals surface area contributed by atoms with Gasteiger partial charge in [0, 0.05) is 56.4 Å². The maximum absolute atomic E-state index is 14.2. The number of imidazole rings is 1. The molecule has 6 rings (SSSR count). The molecule has 1 N–H and O–H groups in total. The second-order valence-electron chi connectivity index (χ2n) is 11.1. The summed E-state index contributed by atoms with van der Waals surface area (Å²) in [5, 5.41) is 2.77. The molecule has 14 heteroatoms. The van der Waals surface area contributed by atoms with Gasteiger partial charge in [-0.1, -0.05) is 13.0 Å². The molecular weight excluding hydrogens is 545 g/mol. The van der Waals surface area contributed by atoms with E-state index in [1.165, 1.54) is 22.5 Å². The number of ketones is 1. The highest BCUT2D eigenvalue weighted by atomic mass is 19.1. The van der Waals surface area contributed by atoms with Crippen molar-refractivity contribution in [2.75, 3.05) is 23.3 Å². The first-order valence-corrected chi connectivity index (χ1v) is 13.7. The molecular formula is C28H30FN9O4. The Morgan fingerprint density at radius 3 is 2.50 bits per heavy atom. The molecule has 2 unspecified atom stereocenters. The highest BCUT2D eigenvalue weighted by Crippen LogP contribution is 2.58. The van der Waals surface area contributed by atoms with Crippen molar-refractivity contribution in [2.24, 2.45) is 18.9 Å². The number of piperidine rings is 1. The average molecular weight is 576 g/mol. The van der Waals surface area contributed by atoms with Crippen LogP contribution in [-0.4, -0.2) is 64.1 Å². The zero-order chi connectivity index (χ0) is 29.9. The minimum absolute atomic E-state index is 0.0312. The van der Waals surface area contributed by atoms with E-state index in [0.717, 1.165) is 4.57 Å². The van der Waals surface area contributed by atoms with Crippen molar-refractivity contribution in [3.63, 3.8) is 0 Å². The maximum atomic E-state index is 14.2. The Balaban J connectivity index is 1.20. The smallest absolute Gasteiger partial charge is 0.332 e. The predicted octanol–water partition coefficient (Wildman–Crippen LogP) is 1.72. The second kappa shape index (κ2) is 9.96. The lowest BCUT2D eigenvalue weighted by Gasteiger charge is -2.20. The minimum atomic E-state index is -1.08. The number of halogens is 1. The van der Waals surface area contributed by atoms with Gasteiger partial charge in [0.15, 0.2) is 16.9 Å². The molecule has 1 amide bonds. The van der Waals surface area contributed by atoms with Crippen molar-refractivity contribution in [2.45, 2.75) is 45.4 Å². The van der Waals surface area contributed by atoms with Crippen LogP contribution in [0.25, 0.3) is 22.4 Å². The summed E-state index contributed by atoms with van der Waals surface area (Å²) >= 11 is 0. The van der Waals surface area contributed by atoms with Crippen molar-refractivity contribution in [3.05, 3.63) is 57.8 Å². The quantitative estimate of drug-likeness (QED) is 0.331. The number of hydrogen-bond acceptors (Lipinski definition) is 9. The number of anilines is 2. The molecule has 42 heavy (non-hydrogen) atoms. The molecule has 2 fully saturated rings. The van der Waals surface area contributed by atoms with E-state index in [0.29, 0.717) is 30.3 Å². The molecule has 1 aliphatic carbocycles. The topological polar surface area (TPSA) is 150 Å². The van der Waals surface area contributed by atoms with Crippen molar-refractivity contribution in [1.82, 2.24) is 33.6 Å². The van der Waals surface area contributed by atoms with Crippen LogP contribution < -0.4 is 21.5 Å². The van der Waals surface area contributed by atoms with Gasteiger partial charge >= 0.3 is 5.69 Å². The number of hydrogen-bond donors (Lipinski definition) is 1. The van der Waals surface area contributed by atoms with E-state index in [4.69, 9.17) is 0 Å². The third-order valence-corrected chi connectivity index (χ3v) is 8.46. The Labute approximate surface area is 239 Å². The van der Waals surface area contributed by atoms with Gasteiger partial charge in [-0.05, 0) is 26.0 Å². The van der Waals surface area contributed by atoms with Crippen LogP contribution in [-0.2, 0) is 23.2 Å². The fourth-order valence-electron chi connectivity index (χ4n) is 5.63. The third kappa shape index (κ3) is 4.46. The summed E-state index contributed by atoms with van der Waals surface area (Å²) in [6.07, 6.45) is 4.79. The SMILES string of the molecule is CCC(=O)Cn1c(=O)c2c(ncn2[C@@H](C)C(=O)Nc2cccc(-c3cnc(N4CC5C(C4)C5(C)F)nc3)n2)n(C)c1=O. The van der Waals surface area contributed by atoms with Crippen LogP contribution >= 0.6 is 0 Å². The number of aryl methyl sites for hydroxylation is 1. The van der Waals surface area contributed by atoms with Crippen LogP contribution in [0, 0.1) is 11.8 Å². The molecule has 1 saturated heterocycles. The zero-order valence-electron chi connectivity index (χ0n) is 23.6. The van der Waals surface area contributed by atoms with Crippen molar-refractivity contribution in [1.29, 1.82) is 0 Å². The van der Waals surface area contributed by atoms with Gasteiger partial charge < -0.3 is 14.8 Å². The van der Waals surface area contributed by atoms with E-state index in [1.807, 2.05) is 4.90 Å². The molecule has 0 radical (unpaired) electrons. The number of alkyl halides is 1. The molecule has 3 atom stereocenters. The van der Waals surface area contributed by atoms with Crippen LogP contribution in [0.2, 0.25) is 0 Å².